The maximum atomic E-state index is 5.69. The van der Waals surface area contributed by atoms with Crippen molar-refractivity contribution >= 4 is 11.6 Å². The lowest BCUT2D eigenvalue weighted by molar-refractivity contribution is 0.261. The number of nitrogens with zero attached hydrogens (tertiary/aromatic N) is 3. The SMILES string of the molecule is CCCOc1nc(Cl)nc(OCCC)n1. The summed E-state index contributed by atoms with van der Waals surface area (Å²) < 4.78 is 10.5. The van der Waals surface area contributed by atoms with Crippen LogP contribution in [0.15, 0.2) is 0 Å². The highest BCUT2D eigenvalue weighted by molar-refractivity contribution is 6.28. The minimum absolute atomic E-state index is 0.0854. The first kappa shape index (κ1) is 12.0. The van der Waals surface area contributed by atoms with E-state index in [1.165, 1.54) is 0 Å². The molecule has 6 heteroatoms. The second-order valence-electron chi connectivity index (χ2n) is 2.87. The molecule has 0 N–H and O–H groups in total. The molecule has 5 nitrogen and oxygen atoms in total. The molecule has 15 heavy (non-hydrogen) atoms. The predicted molar refractivity (Wildman–Crippen MR) is 56.4 cm³/mol. The van der Waals surface area contributed by atoms with Gasteiger partial charge in [-0.1, -0.05) is 13.8 Å². The Morgan fingerprint density at radius 1 is 0.933 bits per heavy atom. The molecule has 0 aromatic carbocycles. The van der Waals surface area contributed by atoms with Crippen molar-refractivity contribution in [1.82, 2.24) is 15.0 Å². The van der Waals surface area contributed by atoms with E-state index in [1.807, 2.05) is 13.8 Å². The second kappa shape index (κ2) is 6.40. The molecule has 0 radical (unpaired) electrons. The zero-order chi connectivity index (χ0) is 11.1. The van der Waals surface area contributed by atoms with Crippen LogP contribution >= 0.6 is 11.6 Å². The Bertz CT molecular complexity index is 283. The zero-order valence-electron chi connectivity index (χ0n) is 8.86. The van der Waals surface area contributed by atoms with E-state index in [2.05, 4.69) is 15.0 Å². The van der Waals surface area contributed by atoms with Crippen LogP contribution in [-0.4, -0.2) is 28.2 Å². The molecular weight excluding hydrogens is 218 g/mol. The highest BCUT2D eigenvalue weighted by Crippen LogP contribution is 2.13. The molecule has 0 fully saturated rings. The van der Waals surface area contributed by atoms with Gasteiger partial charge < -0.3 is 9.47 Å². The minimum Gasteiger partial charge on any atom is -0.463 e. The average Bonchev–Trinajstić information content (AvgIpc) is 2.23. The highest BCUT2D eigenvalue weighted by atomic mass is 35.5. The third kappa shape index (κ3) is 4.29. The Morgan fingerprint density at radius 2 is 1.40 bits per heavy atom. The summed E-state index contributed by atoms with van der Waals surface area (Å²) in [6.45, 7) is 5.09. The van der Waals surface area contributed by atoms with Gasteiger partial charge in [-0.25, -0.2) is 0 Å². The number of halogens is 1. The second-order valence-corrected chi connectivity index (χ2v) is 3.20. The molecular formula is C9H14ClN3O2. The van der Waals surface area contributed by atoms with Crippen molar-refractivity contribution in [2.45, 2.75) is 26.7 Å². The largest absolute Gasteiger partial charge is 0.463 e. The topological polar surface area (TPSA) is 57.1 Å². The van der Waals surface area contributed by atoms with Crippen LogP contribution in [0.3, 0.4) is 0 Å². The van der Waals surface area contributed by atoms with Crippen LogP contribution < -0.4 is 9.47 Å². The van der Waals surface area contributed by atoms with Crippen molar-refractivity contribution in [3.05, 3.63) is 5.28 Å². The van der Waals surface area contributed by atoms with Gasteiger partial charge in [-0.2, -0.15) is 9.97 Å². The van der Waals surface area contributed by atoms with Gasteiger partial charge in [-0.15, -0.1) is 4.98 Å². The smallest absolute Gasteiger partial charge is 0.323 e. The molecule has 0 unspecified atom stereocenters. The van der Waals surface area contributed by atoms with Gasteiger partial charge in [0.05, 0.1) is 13.2 Å². The molecule has 1 aromatic heterocycles. The number of rotatable bonds is 6. The summed E-state index contributed by atoms with van der Waals surface area (Å²) in [5.41, 5.74) is 0. The lowest BCUT2D eigenvalue weighted by Gasteiger charge is -2.05. The number of ether oxygens (including phenoxy) is 2. The Morgan fingerprint density at radius 3 is 1.80 bits per heavy atom. The van der Waals surface area contributed by atoms with Crippen LogP contribution in [0.5, 0.6) is 12.0 Å². The van der Waals surface area contributed by atoms with Crippen LogP contribution in [-0.2, 0) is 0 Å². The van der Waals surface area contributed by atoms with Crippen molar-refractivity contribution in [1.29, 1.82) is 0 Å². The summed E-state index contributed by atoms with van der Waals surface area (Å²) in [5.74, 6) is 0. The molecule has 0 aliphatic heterocycles. The van der Waals surface area contributed by atoms with Gasteiger partial charge in [-0.05, 0) is 24.4 Å². The summed E-state index contributed by atoms with van der Waals surface area (Å²) in [5, 5.41) is 0.0854. The molecule has 0 saturated heterocycles. The van der Waals surface area contributed by atoms with Gasteiger partial charge in [0.25, 0.3) is 0 Å². The van der Waals surface area contributed by atoms with Crippen molar-refractivity contribution in [3.63, 3.8) is 0 Å². The van der Waals surface area contributed by atoms with Crippen molar-refractivity contribution in [2.24, 2.45) is 0 Å². The average molecular weight is 232 g/mol. The van der Waals surface area contributed by atoms with E-state index in [-0.39, 0.29) is 17.3 Å². The molecule has 1 aromatic rings. The fraction of sp³-hybridized carbons (Fsp3) is 0.667. The third-order valence-corrected chi connectivity index (χ3v) is 1.61. The summed E-state index contributed by atoms with van der Waals surface area (Å²) in [6.07, 6.45) is 1.77. The predicted octanol–water partition coefficient (Wildman–Crippen LogP) is 2.10. The maximum absolute atomic E-state index is 5.69. The standard InChI is InChI=1S/C9H14ClN3O2/c1-3-5-14-8-11-7(10)12-9(13-8)15-6-4-2/h3-6H2,1-2H3. The van der Waals surface area contributed by atoms with E-state index in [0.717, 1.165) is 12.8 Å². The molecule has 0 atom stereocenters. The van der Waals surface area contributed by atoms with Crippen LogP contribution in [0.25, 0.3) is 0 Å². The van der Waals surface area contributed by atoms with Crippen molar-refractivity contribution in [2.75, 3.05) is 13.2 Å². The maximum Gasteiger partial charge on any atom is 0.323 e. The van der Waals surface area contributed by atoms with Crippen molar-refractivity contribution in [3.8, 4) is 12.0 Å². The van der Waals surface area contributed by atoms with Gasteiger partial charge in [0.2, 0.25) is 5.28 Å². The molecule has 0 bridgehead atoms. The Balaban J connectivity index is 2.66. The van der Waals surface area contributed by atoms with Gasteiger partial charge in [0.1, 0.15) is 0 Å². The van der Waals surface area contributed by atoms with E-state index < -0.39 is 0 Å². The summed E-state index contributed by atoms with van der Waals surface area (Å²) in [6, 6.07) is 0.422. The van der Waals surface area contributed by atoms with E-state index >= 15 is 0 Å². The van der Waals surface area contributed by atoms with Crippen molar-refractivity contribution < 1.29 is 9.47 Å². The number of aromatic nitrogens is 3. The Labute approximate surface area is 93.8 Å². The van der Waals surface area contributed by atoms with E-state index in [1.54, 1.807) is 0 Å². The lowest BCUT2D eigenvalue weighted by atomic mass is 10.5. The number of hydrogen-bond donors (Lipinski definition) is 0. The van der Waals surface area contributed by atoms with Crippen LogP contribution in [0.1, 0.15) is 26.7 Å². The molecule has 1 rings (SSSR count). The Hall–Kier alpha value is -1.10. The van der Waals surface area contributed by atoms with Crippen LogP contribution in [0, 0.1) is 0 Å². The molecule has 0 aliphatic rings. The summed E-state index contributed by atoms with van der Waals surface area (Å²) in [4.78, 5) is 11.6. The first-order valence-corrected chi connectivity index (χ1v) is 5.31. The zero-order valence-corrected chi connectivity index (χ0v) is 9.62. The van der Waals surface area contributed by atoms with E-state index in [4.69, 9.17) is 21.1 Å². The molecule has 0 saturated carbocycles. The third-order valence-electron chi connectivity index (χ3n) is 1.44. The molecule has 84 valence electrons. The normalized spacial score (nSPS) is 10.1. The Kier molecular flexibility index (Phi) is 5.10. The summed E-state index contributed by atoms with van der Waals surface area (Å²) >= 11 is 5.69. The van der Waals surface area contributed by atoms with Crippen LogP contribution in [0.2, 0.25) is 5.28 Å². The van der Waals surface area contributed by atoms with Gasteiger partial charge in [-0.3, -0.25) is 0 Å². The first-order chi connectivity index (χ1) is 7.26. The number of hydrogen-bond acceptors (Lipinski definition) is 5. The summed E-state index contributed by atoms with van der Waals surface area (Å²) in [7, 11) is 0. The van der Waals surface area contributed by atoms with Gasteiger partial charge in [0, 0.05) is 0 Å². The molecule has 0 spiro atoms. The molecule has 1 heterocycles. The van der Waals surface area contributed by atoms with E-state index in [9.17, 15) is 0 Å². The first-order valence-electron chi connectivity index (χ1n) is 4.93. The highest BCUT2D eigenvalue weighted by Gasteiger charge is 2.06. The van der Waals surface area contributed by atoms with Gasteiger partial charge >= 0.3 is 12.0 Å². The fourth-order valence-electron chi connectivity index (χ4n) is 0.830. The molecule has 0 aliphatic carbocycles. The lowest BCUT2D eigenvalue weighted by Crippen LogP contribution is -2.05. The van der Waals surface area contributed by atoms with E-state index in [0.29, 0.717) is 13.2 Å². The fourth-order valence-corrected chi connectivity index (χ4v) is 0.975. The monoisotopic (exact) mass is 231 g/mol. The van der Waals surface area contributed by atoms with Gasteiger partial charge in [0.15, 0.2) is 0 Å². The van der Waals surface area contributed by atoms with Crippen LogP contribution in [0.4, 0.5) is 0 Å². The quantitative estimate of drug-likeness (QED) is 0.751. The minimum atomic E-state index is 0.0854. The molecule has 0 amide bonds.